The summed E-state index contributed by atoms with van der Waals surface area (Å²) in [6, 6.07) is 5.57. The van der Waals surface area contributed by atoms with Gasteiger partial charge in [0.05, 0.1) is 18.9 Å². The summed E-state index contributed by atoms with van der Waals surface area (Å²) >= 11 is 0. The molecule has 1 fully saturated rings. The zero-order valence-corrected chi connectivity index (χ0v) is 8.77. The number of amides is 1. The fraction of sp³-hybridized carbons (Fsp3) is 0.273. The molecule has 1 heterocycles. The van der Waals surface area contributed by atoms with Crippen molar-refractivity contribution < 1.29 is 23.8 Å². The first-order valence-electron chi connectivity index (χ1n) is 4.93. The van der Waals surface area contributed by atoms with E-state index in [1.807, 2.05) is 0 Å². The van der Waals surface area contributed by atoms with Crippen LogP contribution in [0.4, 0.5) is 10.1 Å². The molecule has 0 spiro atoms. The van der Waals surface area contributed by atoms with Crippen LogP contribution < -0.4 is 5.32 Å². The summed E-state index contributed by atoms with van der Waals surface area (Å²) in [7, 11) is 0. The van der Waals surface area contributed by atoms with Crippen LogP contribution in [-0.2, 0) is 14.3 Å². The number of hydrogen-bond acceptors (Lipinski definition) is 3. The molecule has 0 unspecified atom stereocenters. The lowest BCUT2D eigenvalue weighted by Gasteiger charge is -2.35. The minimum atomic E-state index is -1.59. The van der Waals surface area contributed by atoms with Gasteiger partial charge in [0, 0.05) is 0 Å². The molecule has 6 heteroatoms. The van der Waals surface area contributed by atoms with Crippen LogP contribution in [-0.4, -0.2) is 30.2 Å². The number of para-hydroxylation sites is 1. The van der Waals surface area contributed by atoms with Gasteiger partial charge in [0.25, 0.3) is 0 Å². The Labute approximate surface area is 96.2 Å². The van der Waals surface area contributed by atoms with Crippen molar-refractivity contribution >= 4 is 17.6 Å². The van der Waals surface area contributed by atoms with Crippen LogP contribution in [0.5, 0.6) is 0 Å². The molecule has 1 aliphatic heterocycles. The average molecular weight is 239 g/mol. The summed E-state index contributed by atoms with van der Waals surface area (Å²) in [6.07, 6.45) is 0. The molecule has 0 aliphatic carbocycles. The zero-order valence-electron chi connectivity index (χ0n) is 8.77. The lowest BCUT2D eigenvalue weighted by molar-refractivity contribution is -0.182. The summed E-state index contributed by atoms with van der Waals surface area (Å²) in [4.78, 5) is 22.8. The van der Waals surface area contributed by atoms with Crippen LogP contribution in [0.15, 0.2) is 24.3 Å². The number of rotatable bonds is 3. The number of nitrogens with one attached hydrogen (secondary N) is 1. The highest BCUT2D eigenvalue weighted by molar-refractivity contribution is 6.09. The quantitative estimate of drug-likeness (QED) is 0.767. The van der Waals surface area contributed by atoms with Gasteiger partial charge in [0.15, 0.2) is 5.41 Å². The molecule has 1 amide bonds. The third-order valence-electron chi connectivity index (χ3n) is 2.66. The van der Waals surface area contributed by atoms with E-state index in [2.05, 4.69) is 5.32 Å². The van der Waals surface area contributed by atoms with Crippen molar-refractivity contribution in [1.29, 1.82) is 0 Å². The monoisotopic (exact) mass is 239 g/mol. The van der Waals surface area contributed by atoms with Crippen molar-refractivity contribution in [3.8, 4) is 0 Å². The number of aliphatic carboxylic acids is 1. The van der Waals surface area contributed by atoms with Gasteiger partial charge in [-0.15, -0.1) is 0 Å². The number of carbonyl (C=O) groups is 2. The molecule has 90 valence electrons. The normalized spacial score (nSPS) is 17.0. The van der Waals surface area contributed by atoms with Crippen LogP contribution in [0.25, 0.3) is 0 Å². The molecule has 0 atom stereocenters. The number of hydrogen-bond donors (Lipinski definition) is 2. The van der Waals surface area contributed by atoms with Gasteiger partial charge >= 0.3 is 5.97 Å². The number of halogens is 1. The van der Waals surface area contributed by atoms with Crippen molar-refractivity contribution in [2.45, 2.75) is 0 Å². The Hall–Kier alpha value is -1.95. The molecule has 0 bridgehead atoms. The Kier molecular flexibility index (Phi) is 2.81. The first kappa shape index (κ1) is 11.5. The molecule has 17 heavy (non-hydrogen) atoms. The molecule has 0 radical (unpaired) electrons. The third kappa shape index (κ3) is 1.87. The highest BCUT2D eigenvalue weighted by atomic mass is 19.1. The van der Waals surface area contributed by atoms with Crippen LogP contribution in [0.3, 0.4) is 0 Å². The van der Waals surface area contributed by atoms with Gasteiger partial charge in [-0.25, -0.2) is 4.39 Å². The summed E-state index contributed by atoms with van der Waals surface area (Å²) in [5.41, 5.74) is -1.63. The number of benzene rings is 1. The topological polar surface area (TPSA) is 75.6 Å². The number of ether oxygens (including phenoxy) is 1. The van der Waals surface area contributed by atoms with E-state index in [4.69, 9.17) is 9.84 Å². The molecule has 1 aromatic rings. The first-order valence-corrected chi connectivity index (χ1v) is 4.93. The van der Waals surface area contributed by atoms with Gasteiger partial charge in [-0.1, -0.05) is 12.1 Å². The maximum atomic E-state index is 13.3. The highest BCUT2D eigenvalue weighted by Gasteiger charge is 2.53. The van der Waals surface area contributed by atoms with Crippen molar-refractivity contribution in [2.24, 2.45) is 5.41 Å². The van der Waals surface area contributed by atoms with Crippen LogP contribution in [0, 0.1) is 11.2 Å². The first-order chi connectivity index (χ1) is 8.06. The predicted octanol–water partition coefficient (Wildman–Crippen LogP) is 0.865. The van der Waals surface area contributed by atoms with E-state index in [0.717, 1.165) is 0 Å². The van der Waals surface area contributed by atoms with Crippen molar-refractivity contribution in [2.75, 3.05) is 18.5 Å². The summed E-state index contributed by atoms with van der Waals surface area (Å²) in [5, 5.41) is 11.2. The maximum Gasteiger partial charge on any atom is 0.324 e. The van der Waals surface area contributed by atoms with E-state index < -0.39 is 23.1 Å². The SMILES string of the molecule is O=C(O)C1(C(=O)Nc2ccccc2F)COC1. The second kappa shape index (κ2) is 4.14. The van der Waals surface area contributed by atoms with Gasteiger partial charge < -0.3 is 15.2 Å². The number of carboxylic acids is 1. The number of carbonyl (C=O) groups excluding carboxylic acids is 1. The van der Waals surface area contributed by atoms with Gasteiger partial charge in [-0.05, 0) is 12.1 Å². The Balaban J connectivity index is 2.17. The smallest absolute Gasteiger partial charge is 0.324 e. The Bertz CT molecular complexity index is 470. The Morgan fingerprint density at radius 1 is 1.35 bits per heavy atom. The molecule has 1 saturated heterocycles. The van der Waals surface area contributed by atoms with Gasteiger partial charge in [0.2, 0.25) is 5.91 Å². The van der Waals surface area contributed by atoms with Gasteiger partial charge in [-0.3, -0.25) is 9.59 Å². The largest absolute Gasteiger partial charge is 0.480 e. The Morgan fingerprint density at radius 3 is 2.47 bits per heavy atom. The zero-order chi connectivity index (χ0) is 12.5. The minimum Gasteiger partial charge on any atom is -0.480 e. The molecule has 2 N–H and O–H groups in total. The van der Waals surface area contributed by atoms with E-state index in [0.29, 0.717) is 0 Å². The average Bonchev–Trinajstić information content (AvgIpc) is 2.19. The number of anilines is 1. The molecule has 1 aromatic carbocycles. The van der Waals surface area contributed by atoms with Crippen molar-refractivity contribution in [3.63, 3.8) is 0 Å². The fourth-order valence-corrected chi connectivity index (χ4v) is 1.46. The lowest BCUT2D eigenvalue weighted by atomic mass is 9.85. The van der Waals surface area contributed by atoms with Gasteiger partial charge in [0.1, 0.15) is 5.82 Å². The van der Waals surface area contributed by atoms with Crippen LogP contribution in [0.2, 0.25) is 0 Å². The van der Waals surface area contributed by atoms with E-state index in [1.165, 1.54) is 18.2 Å². The van der Waals surface area contributed by atoms with E-state index in [9.17, 15) is 14.0 Å². The molecular formula is C11H10FNO4. The van der Waals surface area contributed by atoms with Crippen molar-refractivity contribution in [1.82, 2.24) is 0 Å². The Morgan fingerprint density at radius 2 is 2.00 bits per heavy atom. The van der Waals surface area contributed by atoms with Crippen LogP contribution >= 0.6 is 0 Å². The van der Waals surface area contributed by atoms with E-state index in [1.54, 1.807) is 6.07 Å². The predicted molar refractivity (Wildman–Crippen MR) is 55.9 cm³/mol. The summed E-state index contributed by atoms with van der Waals surface area (Å²) in [5.74, 6) is -2.64. The lowest BCUT2D eigenvalue weighted by Crippen LogP contribution is -2.57. The minimum absolute atomic E-state index is 0.0370. The molecule has 2 rings (SSSR count). The van der Waals surface area contributed by atoms with Crippen LogP contribution in [0.1, 0.15) is 0 Å². The van der Waals surface area contributed by atoms with Gasteiger partial charge in [-0.2, -0.15) is 0 Å². The molecule has 1 aliphatic rings. The standard InChI is InChI=1S/C11H10FNO4/c12-7-3-1-2-4-8(7)13-9(14)11(10(15)16)5-17-6-11/h1-4H,5-6H2,(H,13,14)(H,15,16). The van der Waals surface area contributed by atoms with E-state index in [-0.39, 0.29) is 18.9 Å². The maximum absolute atomic E-state index is 13.3. The van der Waals surface area contributed by atoms with E-state index >= 15 is 0 Å². The fourth-order valence-electron chi connectivity index (χ4n) is 1.46. The molecule has 5 nitrogen and oxygen atoms in total. The molecular weight excluding hydrogens is 229 g/mol. The summed E-state index contributed by atoms with van der Waals surface area (Å²) < 4.78 is 18.0. The molecule has 0 saturated carbocycles. The second-order valence-electron chi connectivity index (χ2n) is 3.81. The highest BCUT2D eigenvalue weighted by Crippen LogP contribution is 2.30. The summed E-state index contributed by atoms with van der Waals surface area (Å²) in [6.45, 7) is -0.384. The molecule has 0 aromatic heterocycles. The van der Waals surface area contributed by atoms with Crippen molar-refractivity contribution in [3.05, 3.63) is 30.1 Å². The third-order valence-corrected chi connectivity index (χ3v) is 2.66. The second-order valence-corrected chi connectivity index (χ2v) is 3.81. The number of carboxylic acid groups (broad SMARTS) is 1.